The summed E-state index contributed by atoms with van der Waals surface area (Å²) in [6, 6.07) is 0. The van der Waals surface area contributed by atoms with Crippen LogP contribution >= 0.6 is 7.82 Å². The fourth-order valence-electron chi connectivity index (χ4n) is 6.18. The fourth-order valence-corrected chi connectivity index (χ4v) is 6.97. The second-order valence-corrected chi connectivity index (χ2v) is 16.9. The van der Waals surface area contributed by atoms with Gasteiger partial charge in [-0.2, -0.15) is 0 Å². The lowest BCUT2D eigenvalue weighted by Gasteiger charge is -2.20. The van der Waals surface area contributed by atoms with Crippen molar-refractivity contribution >= 4 is 13.8 Å². The molecule has 3 N–H and O–H groups in total. The minimum absolute atomic E-state index is 0.0390. The van der Waals surface area contributed by atoms with Gasteiger partial charge < -0.3 is 24.6 Å². The molecular weight excluding hydrogens is 739 g/mol. The lowest BCUT2D eigenvalue weighted by Crippen LogP contribution is -2.29. The lowest BCUT2D eigenvalue weighted by molar-refractivity contribution is -0.154. The number of rotatable bonds is 44. The highest BCUT2D eigenvalue weighted by atomic mass is 31.2. The standard InChI is InChI=1S/C47H87O9P/c1-3-5-7-9-11-13-15-17-19-20-21-22-23-24-25-27-29-31-33-35-37-39-47(50)56-46(44-55-57(51,52)54-42-45(49)41-48)43-53-40-38-36-34-32-30-28-26-18-16-14-12-10-8-6-4-2/h15-18,20-21,23-24,45-46,48-49H,3-14,19,22,25-44H2,1-2H3,(H,51,52)/b17-15-,18-16-,21-20-,24-23-. The average Bonchev–Trinajstić information content (AvgIpc) is 3.20. The molecule has 0 amide bonds. The van der Waals surface area contributed by atoms with Crippen molar-refractivity contribution in [1.29, 1.82) is 0 Å². The molecule has 10 heteroatoms. The van der Waals surface area contributed by atoms with Crippen LogP contribution in [0.5, 0.6) is 0 Å². The third kappa shape index (κ3) is 43.8. The van der Waals surface area contributed by atoms with Crippen molar-refractivity contribution < 1.29 is 43.0 Å². The predicted octanol–water partition coefficient (Wildman–Crippen LogP) is 13.0. The minimum atomic E-state index is -4.52. The maximum Gasteiger partial charge on any atom is 0.472 e. The van der Waals surface area contributed by atoms with Crippen LogP contribution in [0.1, 0.15) is 200 Å². The van der Waals surface area contributed by atoms with Gasteiger partial charge in [0.15, 0.2) is 0 Å². The van der Waals surface area contributed by atoms with Crippen molar-refractivity contribution in [2.45, 2.75) is 212 Å². The van der Waals surface area contributed by atoms with Crippen LogP contribution in [-0.2, 0) is 27.9 Å². The maximum absolute atomic E-state index is 12.6. The van der Waals surface area contributed by atoms with Gasteiger partial charge in [-0.05, 0) is 77.0 Å². The summed E-state index contributed by atoms with van der Waals surface area (Å²) in [5.41, 5.74) is 0. The van der Waals surface area contributed by atoms with E-state index >= 15 is 0 Å². The average molecular weight is 827 g/mol. The van der Waals surface area contributed by atoms with Gasteiger partial charge in [0, 0.05) is 13.0 Å². The molecule has 0 aromatic carbocycles. The van der Waals surface area contributed by atoms with E-state index in [0.29, 0.717) is 13.0 Å². The predicted molar refractivity (Wildman–Crippen MR) is 237 cm³/mol. The molecule has 0 aliphatic rings. The van der Waals surface area contributed by atoms with Crippen LogP contribution in [0.2, 0.25) is 0 Å². The number of aliphatic hydroxyl groups is 2. The Morgan fingerprint density at radius 2 is 0.947 bits per heavy atom. The Kier molecular flexibility index (Phi) is 42.8. The molecule has 0 radical (unpaired) electrons. The van der Waals surface area contributed by atoms with Gasteiger partial charge in [0.2, 0.25) is 0 Å². The quantitative estimate of drug-likeness (QED) is 0.0238. The van der Waals surface area contributed by atoms with Crippen molar-refractivity contribution in [1.82, 2.24) is 0 Å². The van der Waals surface area contributed by atoms with E-state index in [9.17, 15) is 19.4 Å². The number of hydrogen-bond donors (Lipinski definition) is 3. The molecule has 0 rings (SSSR count). The molecule has 0 bridgehead atoms. The van der Waals surface area contributed by atoms with E-state index in [2.05, 4.69) is 62.5 Å². The molecule has 0 saturated heterocycles. The Morgan fingerprint density at radius 1 is 0.544 bits per heavy atom. The second kappa shape index (κ2) is 44.0. The summed E-state index contributed by atoms with van der Waals surface area (Å²) in [5, 5.41) is 18.4. The van der Waals surface area contributed by atoms with Crippen LogP contribution < -0.4 is 0 Å². The van der Waals surface area contributed by atoms with E-state index in [1.54, 1.807) is 0 Å². The molecule has 3 unspecified atom stereocenters. The highest BCUT2D eigenvalue weighted by molar-refractivity contribution is 7.47. The van der Waals surface area contributed by atoms with Crippen molar-refractivity contribution in [3.8, 4) is 0 Å². The number of allylic oxidation sites excluding steroid dienone is 8. The van der Waals surface area contributed by atoms with E-state index < -0.39 is 39.2 Å². The van der Waals surface area contributed by atoms with Crippen LogP contribution in [0.15, 0.2) is 48.6 Å². The van der Waals surface area contributed by atoms with E-state index in [1.807, 2.05) is 0 Å². The first kappa shape index (κ1) is 55.4. The maximum atomic E-state index is 12.6. The summed E-state index contributed by atoms with van der Waals surface area (Å²) >= 11 is 0. The number of carbonyl (C=O) groups is 1. The van der Waals surface area contributed by atoms with Gasteiger partial charge in [0.1, 0.15) is 12.2 Å². The Balaban J connectivity index is 4.18. The van der Waals surface area contributed by atoms with Crippen LogP contribution in [0, 0.1) is 0 Å². The molecule has 0 fully saturated rings. The van der Waals surface area contributed by atoms with Gasteiger partial charge in [0.05, 0.1) is 26.4 Å². The van der Waals surface area contributed by atoms with Gasteiger partial charge in [-0.15, -0.1) is 0 Å². The van der Waals surface area contributed by atoms with Crippen molar-refractivity contribution in [3.05, 3.63) is 48.6 Å². The zero-order valence-electron chi connectivity index (χ0n) is 36.6. The molecule has 0 aromatic rings. The van der Waals surface area contributed by atoms with E-state index in [1.165, 1.54) is 109 Å². The van der Waals surface area contributed by atoms with Crippen molar-refractivity contribution in [2.24, 2.45) is 0 Å². The molecule has 57 heavy (non-hydrogen) atoms. The fraction of sp³-hybridized carbons (Fsp3) is 0.809. The molecule has 0 aliphatic carbocycles. The van der Waals surface area contributed by atoms with Gasteiger partial charge in [-0.1, -0.05) is 165 Å². The number of esters is 1. The monoisotopic (exact) mass is 827 g/mol. The Bertz CT molecular complexity index is 1030. The topological polar surface area (TPSA) is 132 Å². The lowest BCUT2D eigenvalue weighted by atomic mass is 10.1. The zero-order valence-corrected chi connectivity index (χ0v) is 37.4. The molecular formula is C47H87O9P. The van der Waals surface area contributed by atoms with Crippen molar-refractivity contribution in [3.63, 3.8) is 0 Å². The Hall–Kier alpha value is -1.58. The number of aliphatic hydroxyl groups excluding tert-OH is 2. The van der Waals surface area contributed by atoms with Gasteiger partial charge in [-0.3, -0.25) is 13.8 Å². The number of phosphoric ester groups is 1. The smallest absolute Gasteiger partial charge is 0.457 e. The summed E-state index contributed by atoms with van der Waals surface area (Å²) in [6.07, 6.45) is 49.2. The number of hydrogen-bond acceptors (Lipinski definition) is 8. The third-order valence-corrected chi connectivity index (χ3v) is 10.7. The molecule has 3 atom stereocenters. The Morgan fingerprint density at radius 3 is 1.44 bits per heavy atom. The molecule has 9 nitrogen and oxygen atoms in total. The summed E-state index contributed by atoms with van der Waals surface area (Å²) < 4.78 is 33.4. The van der Waals surface area contributed by atoms with E-state index in [4.69, 9.17) is 23.6 Å². The summed E-state index contributed by atoms with van der Waals surface area (Å²) in [6.45, 7) is 3.48. The van der Waals surface area contributed by atoms with E-state index in [0.717, 1.165) is 64.2 Å². The van der Waals surface area contributed by atoms with Gasteiger partial charge >= 0.3 is 13.8 Å². The first-order valence-electron chi connectivity index (χ1n) is 23.1. The first-order valence-corrected chi connectivity index (χ1v) is 24.6. The van der Waals surface area contributed by atoms with E-state index in [-0.39, 0.29) is 19.6 Å². The molecule has 0 aromatic heterocycles. The van der Waals surface area contributed by atoms with Crippen LogP contribution in [0.25, 0.3) is 0 Å². The second-order valence-electron chi connectivity index (χ2n) is 15.4. The van der Waals surface area contributed by atoms with Gasteiger partial charge in [0.25, 0.3) is 0 Å². The molecule has 0 heterocycles. The van der Waals surface area contributed by atoms with Crippen LogP contribution in [-0.4, -0.2) is 66.3 Å². The third-order valence-electron chi connectivity index (χ3n) is 9.74. The number of phosphoric acid groups is 1. The zero-order chi connectivity index (χ0) is 41.8. The van der Waals surface area contributed by atoms with Crippen LogP contribution in [0.3, 0.4) is 0 Å². The largest absolute Gasteiger partial charge is 0.472 e. The number of ether oxygens (including phenoxy) is 2. The summed E-state index contributed by atoms with van der Waals surface area (Å²) in [7, 11) is -4.52. The van der Waals surface area contributed by atoms with Crippen molar-refractivity contribution in [2.75, 3.05) is 33.0 Å². The highest BCUT2D eigenvalue weighted by Crippen LogP contribution is 2.43. The van der Waals surface area contributed by atoms with Crippen LogP contribution in [0.4, 0.5) is 0 Å². The number of carbonyl (C=O) groups excluding carboxylic acids is 1. The number of unbranched alkanes of at least 4 members (excludes halogenated alkanes) is 22. The molecule has 0 saturated carbocycles. The molecule has 0 aliphatic heterocycles. The first-order chi connectivity index (χ1) is 27.8. The molecule has 334 valence electrons. The molecule has 0 spiro atoms. The Labute approximate surface area is 349 Å². The summed E-state index contributed by atoms with van der Waals surface area (Å²) in [5.74, 6) is -0.397. The van der Waals surface area contributed by atoms with Gasteiger partial charge in [-0.25, -0.2) is 4.57 Å². The highest BCUT2D eigenvalue weighted by Gasteiger charge is 2.26. The minimum Gasteiger partial charge on any atom is -0.457 e. The summed E-state index contributed by atoms with van der Waals surface area (Å²) in [4.78, 5) is 22.6. The SMILES string of the molecule is CCCCCCC/C=C\C/C=C\C/C=C\CCCCCCCCC(=O)OC(COCCCCCCCC/C=C\CCCCCCC)COP(=O)(O)OCC(O)CO. The normalized spacial score (nSPS) is 14.4.